The van der Waals surface area contributed by atoms with Crippen molar-refractivity contribution in [3.63, 3.8) is 0 Å². The molecule has 310 valence electrons. The largest absolute Gasteiger partial charge is 0.469 e. The van der Waals surface area contributed by atoms with E-state index in [1.165, 1.54) is 122 Å². The smallest absolute Gasteiger partial charge is 0.462 e. The third-order valence-corrected chi connectivity index (χ3v) is 9.29. The van der Waals surface area contributed by atoms with Gasteiger partial charge in [-0.15, -0.1) is 0 Å². The number of hydrogen-bond acceptors (Lipinski definition) is 6. The molecule has 0 fully saturated rings. The van der Waals surface area contributed by atoms with Crippen LogP contribution in [0.25, 0.3) is 0 Å². The predicted octanol–water partition coefficient (Wildman–Crippen LogP) is 13.1. The predicted molar refractivity (Wildman–Crippen MR) is 225 cm³/mol. The highest BCUT2D eigenvalue weighted by molar-refractivity contribution is 7.46. The number of esters is 2. The number of allylic oxidation sites excluding steroid dienone is 11. The Kier molecular flexibility index (Phi) is 38.3. The van der Waals surface area contributed by atoms with Gasteiger partial charge in [-0.25, -0.2) is 9.36 Å². The van der Waals surface area contributed by atoms with E-state index >= 15 is 0 Å². The molecule has 0 aliphatic rings. The van der Waals surface area contributed by atoms with Gasteiger partial charge < -0.3 is 19.3 Å². The molecule has 54 heavy (non-hydrogen) atoms. The summed E-state index contributed by atoms with van der Waals surface area (Å²) in [6.07, 6.45) is 52.7. The van der Waals surface area contributed by atoms with Crippen LogP contribution in [0.15, 0.2) is 72.9 Å². The zero-order valence-electron chi connectivity index (χ0n) is 34.1. The van der Waals surface area contributed by atoms with Crippen molar-refractivity contribution in [3.05, 3.63) is 72.9 Å². The monoisotopic (exact) mass is 777 g/mol. The molecule has 9 heteroatoms. The Morgan fingerprint density at radius 2 is 0.963 bits per heavy atom. The molecule has 0 saturated carbocycles. The maximum atomic E-state index is 12.3. The van der Waals surface area contributed by atoms with Crippen molar-refractivity contribution < 1.29 is 37.9 Å². The first-order valence-electron chi connectivity index (χ1n) is 21.3. The highest BCUT2D eigenvalue weighted by Crippen LogP contribution is 2.35. The summed E-state index contributed by atoms with van der Waals surface area (Å²) in [5.74, 6) is -1.21. The van der Waals surface area contributed by atoms with Gasteiger partial charge in [0.15, 0.2) is 6.10 Å². The lowest BCUT2D eigenvalue weighted by molar-refractivity contribution is -0.157. The molecule has 0 bridgehead atoms. The quantitative estimate of drug-likeness (QED) is 0.0159. The third kappa shape index (κ3) is 42.2. The van der Waals surface area contributed by atoms with Crippen molar-refractivity contribution >= 4 is 19.8 Å². The van der Waals surface area contributed by atoms with Gasteiger partial charge in [0.05, 0.1) is 6.61 Å². The Labute approximate surface area is 329 Å². The second-order valence-electron chi connectivity index (χ2n) is 14.0. The summed E-state index contributed by atoms with van der Waals surface area (Å²) in [6.45, 7) is 3.53. The molecular weight excluding hydrogens is 699 g/mol. The number of rotatable bonds is 38. The second kappa shape index (κ2) is 40.2. The maximum absolute atomic E-state index is 12.3. The van der Waals surface area contributed by atoms with Crippen molar-refractivity contribution in [2.24, 2.45) is 0 Å². The van der Waals surface area contributed by atoms with Crippen molar-refractivity contribution in [3.8, 4) is 0 Å². The number of hydrogen-bond donors (Lipinski definition) is 2. The minimum Gasteiger partial charge on any atom is -0.462 e. The minimum absolute atomic E-state index is 0.169. The lowest BCUT2D eigenvalue weighted by Gasteiger charge is -2.17. The van der Waals surface area contributed by atoms with Crippen LogP contribution in [0, 0.1) is 0 Å². The maximum Gasteiger partial charge on any atom is 0.469 e. The molecule has 0 saturated heterocycles. The fourth-order valence-corrected chi connectivity index (χ4v) is 5.99. The highest BCUT2D eigenvalue weighted by Gasteiger charge is 2.22. The normalized spacial score (nSPS) is 13.2. The average molecular weight is 777 g/mol. The molecule has 8 nitrogen and oxygen atoms in total. The van der Waals surface area contributed by atoms with Gasteiger partial charge >= 0.3 is 19.8 Å². The van der Waals surface area contributed by atoms with Crippen molar-refractivity contribution in [2.75, 3.05) is 13.2 Å². The molecule has 0 aromatic carbocycles. The van der Waals surface area contributed by atoms with Crippen LogP contribution in [0.5, 0.6) is 0 Å². The molecule has 0 aliphatic heterocycles. The third-order valence-electron chi connectivity index (χ3n) is 8.80. The average Bonchev–Trinajstić information content (AvgIpc) is 3.14. The Bertz CT molecular complexity index is 1100. The molecule has 0 aromatic heterocycles. The van der Waals surface area contributed by atoms with Crippen LogP contribution in [-0.4, -0.2) is 41.0 Å². The number of phosphoric acid groups is 1. The van der Waals surface area contributed by atoms with Crippen molar-refractivity contribution in [1.82, 2.24) is 0 Å². The van der Waals surface area contributed by atoms with Gasteiger partial charge in [-0.1, -0.05) is 183 Å². The number of carbonyl (C=O) groups excluding carboxylic acids is 2. The van der Waals surface area contributed by atoms with E-state index in [1.807, 2.05) is 12.2 Å². The van der Waals surface area contributed by atoms with Crippen LogP contribution in [0.3, 0.4) is 0 Å². The number of unbranched alkanes of at least 4 members (excludes halogenated alkanes) is 19. The molecular formula is C45H77O8P. The summed E-state index contributed by atoms with van der Waals surface area (Å²) in [4.78, 5) is 42.7. The molecule has 0 spiro atoms. The summed E-state index contributed by atoms with van der Waals surface area (Å²) in [7, 11) is -4.79. The van der Waals surface area contributed by atoms with Crippen LogP contribution < -0.4 is 0 Å². The lowest BCUT2D eigenvalue weighted by atomic mass is 10.1. The molecule has 0 unspecified atom stereocenters. The Hall–Kier alpha value is -2.51. The molecule has 0 aliphatic carbocycles. The van der Waals surface area contributed by atoms with Gasteiger partial charge in [0.2, 0.25) is 0 Å². The van der Waals surface area contributed by atoms with Gasteiger partial charge in [0, 0.05) is 12.5 Å². The first-order chi connectivity index (χ1) is 26.3. The van der Waals surface area contributed by atoms with Crippen molar-refractivity contribution in [1.29, 1.82) is 0 Å². The van der Waals surface area contributed by atoms with E-state index in [1.54, 1.807) is 12.2 Å². The van der Waals surface area contributed by atoms with E-state index in [0.717, 1.165) is 32.1 Å². The number of ether oxygens (including phenoxy) is 2. The van der Waals surface area contributed by atoms with Crippen LogP contribution in [0.2, 0.25) is 0 Å². The Morgan fingerprint density at radius 3 is 1.44 bits per heavy atom. The molecule has 2 N–H and O–H groups in total. The molecule has 1 atom stereocenters. The Balaban J connectivity index is 4.11. The highest BCUT2D eigenvalue weighted by atomic mass is 31.2. The zero-order chi connectivity index (χ0) is 39.6. The van der Waals surface area contributed by atoms with E-state index in [-0.39, 0.29) is 13.0 Å². The van der Waals surface area contributed by atoms with Crippen LogP contribution in [-0.2, 0) is 28.2 Å². The van der Waals surface area contributed by atoms with E-state index in [2.05, 4.69) is 60.9 Å². The van der Waals surface area contributed by atoms with Gasteiger partial charge in [-0.2, -0.15) is 0 Å². The first kappa shape index (κ1) is 51.5. The van der Waals surface area contributed by atoms with Crippen molar-refractivity contribution in [2.45, 2.75) is 187 Å². The summed E-state index contributed by atoms with van der Waals surface area (Å²) in [5.41, 5.74) is 0. The summed E-state index contributed by atoms with van der Waals surface area (Å²) in [6, 6.07) is 0. The molecule has 0 heterocycles. The first-order valence-corrected chi connectivity index (χ1v) is 22.8. The lowest BCUT2D eigenvalue weighted by Crippen LogP contribution is -2.29. The van der Waals surface area contributed by atoms with E-state index in [9.17, 15) is 14.2 Å². The van der Waals surface area contributed by atoms with Gasteiger partial charge in [0.25, 0.3) is 0 Å². The van der Waals surface area contributed by atoms with Crippen LogP contribution in [0.4, 0.5) is 0 Å². The molecule has 0 radical (unpaired) electrons. The number of carbonyl (C=O) groups is 2. The van der Waals surface area contributed by atoms with Crippen LogP contribution >= 0.6 is 7.82 Å². The zero-order valence-corrected chi connectivity index (χ0v) is 35.0. The Morgan fingerprint density at radius 1 is 0.537 bits per heavy atom. The van der Waals surface area contributed by atoms with Crippen LogP contribution in [0.1, 0.15) is 181 Å². The van der Waals surface area contributed by atoms with Gasteiger partial charge in [-0.05, 0) is 57.8 Å². The summed E-state index contributed by atoms with van der Waals surface area (Å²) in [5, 5.41) is 0. The van der Waals surface area contributed by atoms with E-state index in [0.29, 0.717) is 12.8 Å². The second-order valence-corrected chi connectivity index (χ2v) is 15.3. The van der Waals surface area contributed by atoms with E-state index in [4.69, 9.17) is 19.3 Å². The number of phosphoric ester groups is 1. The standard InChI is InChI=1S/C45H77O8P/c1-3-5-7-9-11-13-15-17-19-20-21-22-23-24-26-27-29-31-33-35-37-39-44(46)51-41-43(42-52-54(48,49)50)53-45(47)40-38-36-34-32-30-28-25-18-16-14-12-10-8-6-4-2/h19-20,22-23,26-27,31,33-34,36,38,40,43H,3-18,21,24-25,28-30,32,35,37,39,41-42H2,1-2H3,(H2,48,49,50)/b20-19+,23-22+,27-26+,33-31+,36-34+,40-38+/t43-/m1/s1. The van der Waals surface area contributed by atoms with Gasteiger partial charge in [-0.3, -0.25) is 9.32 Å². The molecule has 0 aromatic rings. The minimum atomic E-state index is -4.79. The molecule has 0 rings (SSSR count). The SMILES string of the molecule is CCCCCCCCC/C=C/C/C=C/C/C=C/C/C=C/CCCC(=O)OC[C@H](COP(=O)(O)O)OC(=O)/C=C/C=C/CCCCCCCCCCCCC. The van der Waals surface area contributed by atoms with Gasteiger partial charge in [0.1, 0.15) is 6.61 Å². The summed E-state index contributed by atoms with van der Waals surface area (Å²) < 4.78 is 26.1. The fourth-order valence-electron chi connectivity index (χ4n) is 5.63. The summed E-state index contributed by atoms with van der Waals surface area (Å²) >= 11 is 0. The van der Waals surface area contributed by atoms with E-state index < -0.39 is 32.5 Å². The fraction of sp³-hybridized carbons (Fsp3) is 0.689. The molecule has 0 amide bonds. The topological polar surface area (TPSA) is 119 Å².